The molecule has 0 fully saturated rings. The Morgan fingerprint density at radius 2 is 1.72 bits per heavy atom. The van der Waals surface area contributed by atoms with Crippen molar-refractivity contribution >= 4 is 23.2 Å². The van der Waals surface area contributed by atoms with Crippen molar-refractivity contribution in [2.24, 2.45) is 0 Å². The number of hydrogen-bond acceptors (Lipinski definition) is 3. The van der Waals surface area contributed by atoms with Gasteiger partial charge in [0.25, 0.3) is 0 Å². The van der Waals surface area contributed by atoms with Gasteiger partial charge in [-0.1, -0.05) is 23.2 Å². The summed E-state index contributed by atoms with van der Waals surface area (Å²) >= 11 is 11.1. The molecule has 1 aromatic carbocycles. The maximum atomic E-state index is 13.2. The summed E-state index contributed by atoms with van der Waals surface area (Å²) in [5.41, 5.74) is 0.414. The molecule has 1 heterocycles. The first-order chi connectivity index (χ1) is 8.52. The predicted octanol–water partition coefficient (Wildman–Crippen LogP) is 3.74. The van der Waals surface area contributed by atoms with Gasteiger partial charge in [-0.05, 0) is 18.2 Å². The van der Waals surface area contributed by atoms with Gasteiger partial charge in [-0.25, -0.2) is 18.7 Å². The molecule has 0 aliphatic carbocycles. The smallest absolute Gasteiger partial charge is 0.197 e. The Hall–Kier alpha value is -1.46. The van der Waals surface area contributed by atoms with E-state index in [0.717, 1.165) is 0 Å². The van der Waals surface area contributed by atoms with Gasteiger partial charge in [-0.2, -0.15) is 0 Å². The van der Waals surface area contributed by atoms with E-state index in [0.29, 0.717) is 5.56 Å². The third-order valence-electron chi connectivity index (χ3n) is 2.18. The third-order valence-corrected chi connectivity index (χ3v) is 2.68. The van der Waals surface area contributed by atoms with E-state index < -0.39 is 21.9 Å². The lowest BCUT2D eigenvalue weighted by molar-refractivity contribution is 0.386. The minimum atomic E-state index is -0.892. The van der Waals surface area contributed by atoms with E-state index in [4.69, 9.17) is 27.9 Å². The fourth-order valence-corrected chi connectivity index (χ4v) is 1.71. The van der Waals surface area contributed by atoms with Crippen molar-refractivity contribution in [2.45, 2.75) is 0 Å². The van der Waals surface area contributed by atoms with Crippen molar-refractivity contribution < 1.29 is 13.5 Å². The molecule has 0 bridgehead atoms. The molecule has 2 aromatic rings. The average molecular weight is 291 g/mol. The Morgan fingerprint density at radius 3 is 2.28 bits per heavy atom. The molecule has 18 heavy (non-hydrogen) atoms. The monoisotopic (exact) mass is 290 g/mol. The van der Waals surface area contributed by atoms with Gasteiger partial charge >= 0.3 is 0 Å². The molecule has 0 amide bonds. The van der Waals surface area contributed by atoms with E-state index in [-0.39, 0.29) is 11.6 Å². The molecule has 0 unspecified atom stereocenters. The first-order valence-electron chi connectivity index (χ1n) is 4.75. The van der Waals surface area contributed by atoms with Gasteiger partial charge in [0.15, 0.2) is 33.5 Å². The first kappa shape index (κ1) is 13.0. The van der Waals surface area contributed by atoms with E-state index >= 15 is 0 Å². The Kier molecular flexibility index (Phi) is 3.63. The highest BCUT2D eigenvalue weighted by Gasteiger charge is 2.13. The van der Waals surface area contributed by atoms with Crippen LogP contribution in [0, 0.1) is 11.6 Å². The van der Waals surface area contributed by atoms with Gasteiger partial charge in [0.05, 0.1) is 7.11 Å². The van der Waals surface area contributed by atoms with Crippen LogP contribution in [0.25, 0.3) is 11.4 Å². The molecule has 7 heteroatoms. The summed E-state index contributed by atoms with van der Waals surface area (Å²) in [6.07, 6.45) is 0. The van der Waals surface area contributed by atoms with Crippen LogP contribution in [0.2, 0.25) is 10.3 Å². The van der Waals surface area contributed by atoms with Crippen LogP contribution < -0.4 is 4.74 Å². The number of methoxy groups -OCH3 is 1. The Bertz CT molecular complexity index is 585. The van der Waals surface area contributed by atoms with Crippen molar-refractivity contribution in [1.82, 2.24) is 9.97 Å². The zero-order chi connectivity index (χ0) is 13.3. The van der Waals surface area contributed by atoms with Gasteiger partial charge < -0.3 is 4.74 Å². The number of benzene rings is 1. The van der Waals surface area contributed by atoms with Crippen LogP contribution in [0.1, 0.15) is 0 Å². The molecule has 0 aliphatic heterocycles. The maximum Gasteiger partial charge on any atom is 0.197 e. The SMILES string of the molecule is COc1cc(-c2nc(Cl)c(F)c(Cl)n2)ccc1F. The summed E-state index contributed by atoms with van der Waals surface area (Å²) < 4.78 is 31.2. The van der Waals surface area contributed by atoms with Crippen LogP contribution in [0.3, 0.4) is 0 Å². The molecule has 1 aromatic heterocycles. The van der Waals surface area contributed by atoms with Crippen LogP contribution in [-0.2, 0) is 0 Å². The second kappa shape index (κ2) is 5.04. The van der Waals surface area contributed by atoms with Crippen LogP contribution in [0.15, 0.2) is 18.2 Å². The van der Waals surface area contributed by atoms with Crippen LogP contribution in [-0.4, -0.2) is 17.1 Å². The third kappa shape index (κ3) is 2.37. The molecule has 3 nitrogen and oxygen atoms in total. The molecule has 94 valence electrons. The van der Waals surface area contributed by atoms with E-state index in [2.05, 4.69) is 9.97 Å². The summed E-state index contributed by atoms with van der Waals surface area (Å²) in [6, 6.07) is 3.97. The first-order valence-corrected chi connectivity index (χ1v) is 5.51. The predicted molar refractivity (Wildman–Crippen MR) is 64.0 cm³/mol. The van der Waals surface area contributed by atoms with Crippen LogP contribution in [0.4, 0.5) is 8.78 Å². The fraction of sp³-hybridized carbons (Fsp3) is 0.0909. The van der Waals surface area contributed by atoms with E-state index in [9.17, 15) is 8.78 Å². The van der Waals surface area contributed by atoms with E-state index in [1.807, 2.05) is 0 Å². The number of nitrogens with zero attached hydrogens (tertiary/aromatic N) is 2. The molecule has 0 spiro atoms. The number of rotatable bonds is 2. The standard InChI is InChI=1S/C11H6Cl2F2N2O/c1-18-7-4-5(2-3-6(7)14)11-16-9(12)8(15)10(13)17-11/h2-4H,1H3. The van der Waals surface area contributed by atoms with Crippen LogP contribution >= 0.6 is 23.2 Å². The lowest BCUT2D eigenvalue weighted by Gasteiger charge is -2.06. The fourth-order valence-electron chi connectivity index (χ4n) is 1.32. The molecule has 0 radical (unpaired) electrons. The maximum absolute atomic E-state index is 13.2. The largest absolute Gasteiger partial charge is 0.494 e. The summed E-state index contributed by atoms with van der Waals surface area (Å²) in [5.74, 6) is -1.31. The van der Waals surface area contributed by atoms with Crippen molar-refractivity contribution in [1.29, 1.82) is 0 Å². The molecule has 0 saturated heterocycles. The van der Waals surface area contributed by atoms with Crippen molar-refractivity contribution in [2.75, 3.05) is 7.11 Å². The zero-order valence-electron chi connectivity index (χ0n) is 9.05. The number of aromatic nitrogens is 2. The molecule has 2 rings (SSSR count). The highest BCUT2D eigenvalue weighted by atomic mass is 35.5. The summed E-state index contributed by atoms with van der Waals surface area (Å²) in [5, 5.41) is -0.790. The molecule has 0 saturated carbocycles. The minimum absolute atomic E-state index is 0.0210. The quantitative estimate of drug-likeness (QED) is 0.791. The molecule has 0 atom stereocenters. The lowest BCUT2D eigenvalue weighted by Crippen LogP contribution is -1.96. The molecule has 0 aliphatic rings. The molecular formula is C11H6Cl2F2N2O. The van der Waals surface area contributed by atoms with Gasteiger partial charge in [0.2, 0.25) is 0 Å². The Labute approximate surface area is 111 Å². The normalized spacial score (nSPS) is 10.5. The zero-order valence-corrected chi connectivity index (χ0v) is 10.6. The number of ether oxygens (including phenoxy) is 1. The van der Waals surface area contributed by atoms with Crippen molar-refractivity contribution in [3.8, 4) is 17.1 Å². The summed E-state index contributed by atoms with van der Waals surface area (Å²) in [7, 11) is 1.33. The second-order valence-corrected chi connectivity index (χ2v) is 4.01. The van der Waals surface area contributed by atoms with E-state index in [1.54, 1.807) is 0 Å². The van der Waals surface area contributed by atoms with Crippen molar-refractivity contribution in [3.63, 3.8) is 0 Å². The Balaban J connectivity index is 2.55. The van der Waals surface area contributed by atoms with Crippen LogP contribution in [0.5, 0.6) is 5.75 Å². The summed E-state index contributed by atoms with van der Waals surface area (Å²) in [6.45, 7) is 0. The number of halogens is 4. The topological polar surface area (TPSA) is 35.0 Å². The summed E-state index contributed by atoms with van der Waals surface area (Å²) in [4.78, 5) is 7.45. The Morgan fingerprint density at radius 1 is 1.11 bits per heavy atom. The minimum Gasteiger partial charge on any atom is -0.494 e. The highest BCUT2D eigenvalue weighted by molar-refractivity contribution is 6.33. The van der Waals surface area contributed by atoms with Gasteiger partial charge in [-0.15, -0.1) is 0 Å². The van der Waals surface area contributed by atoms with Gasteiger partial charge in [-0.3, -0.25) is 0 Å². The average Bonchev–Trinajstić information content (AvgIpc) is 2.36. The number of hydrogen-bond donors (Lipinski definition) is 0. The van der Waals surface area contributed by atoms with Crippen molar-refractivity contribution in [3.05, 3.63) is 40.1 Å². The lowest BCUT2D eigenvalue weighted by atomic mass is 10.2. The van der Waals surface area contributed by atoms with Gasteiger partial charge in [0.1, 0.15) is 0 Å². The second-order valence-electron chi connectivity index (χ2n) is 3.29. The van der Waals surface area contributed by atoms with Gasteiger partial charge in [0, 0.05) is 5.56 Å². The highest BCUT2D eigenvalue weighted by Crippen LogP contribution is 2.27. The molecule has 0 N–H and O–H groups in total. The molecular weight excluding hydrogens is 285 g/mol. The van der Waals surface area contributed by atoms with E-state index in [1.165, 1.54) is 25.3 Å².